The largest absolute Gasteiger partial charge is 0.490 e. The Morgan fingerprint density at radius 3 is 2.48 bits per heavy atom. The van der Waals surface area contributed by atoms with Crippen LogP contribution >= 0.6 is 15.9 Å². The first kappa shape index (κ1) is 18.5. The van der Waals surface area contributed by atoms with Crippen LogP contribution in [0.4, 0.5) is 0 Å². The minimum Gasteiger partial charge on any atom is -0.490 e. The van der Waals surface area contributed by atoms with Crippen molar-refractivity contribution in [3.8, 4) is 5.75 Å². The van der Waals surface area contributed by atoms with E-state index < -0.39 is 0 Å². The van der Waals surface area contributed by atoms with Crippen LogP contribution in [-0.4, -0.2) is 25.4 Å². The van der Waals surface area contributed by atoms with Crippen LogP contribution in [0.5, 0.6) is 5.75 Å². The third-order valence-electron chi connectivity index (χ3n) is 2.76. The van der Waals surface area contributed by atoms with Crippen molar-refractivity contribution in [1.82, 2.24) is 5.32 Å². The van der Waals surface area contributed by atoms with Gasteiger partial charge in [-0.3, -0.25) is 0 Å². The molecule has 0 radical (unpaired) electrons. The monoisotopic (exact) mass is 357 g/mol. The Morgan fingerprint density at radius 2 is 1.90 bits per heavy atom. The van der Waals surface area contributed by atoms with Gasteiger partial charge in [0.05, 0.1) is 11.1 Å². The third kappa shape index (κ3) is 8.44. The highest BCUT2D eigenvalue weighted by Crippen LogP contribution is 2.26. The Morgan fingerprint density at radius 1 is 1.19 bits per heavy atom. The molecule has 0 amide bonds. The number of ether oxygens (including phenoxy) is 2. The maximum atomic E-state index is 5.73. The highest BCUT2D eigenvalue weighted by molar-refractivity contribution is 9.10. The maximum absolute atomic E-state index is 5.73. The molecule has 0 bridgehead atoms. The van der Waals surface area contributed by atoms with E-state index in [0.29, 0.717) is 19.1 Å². The second-order valence-corrected chi connectivity index (χ2v) is 7.54. The first-order valence-corrected chi connectivity index (χ1v) is 8.31. The lowest BCUT2D eigenvalue weighted by Gasteiger charge is -2.20. The van der Waals surface area contributed by atoms with E-state index in [9.17, 15) is 0 Å². The maximum Gasteiger partial charge on any atom is 0.133 e. The SMILES string of the molecule is CC(C)COCCOc1ccc(CNC(C)(C)C)cc1Br. The zero-order valence-corrected chi connectivity index (χ0v) is 15.4. The molecule has 0 aliphatic rings. The number of nitrogens with one attached hydrogen (secondary N) is 1. The Kier molecular flexibility index (Phi) is 7.71. The highest BCUT2D eigenvalue weighted by Gasteiger charge is 2.09. The Balaban J connectivity index is 2.40. The van der Waals surface area contributed by atoms with Crippen molar-refractivity contribution in [2.45, 2.75) is 46.7 Å². The first-order chi connectivity index (χ1) is 9.78. The Hall–Kier alpha value is -0.580. The van der Waals surface area contributed by atoms with E-state index in [1.807, 2.05) is 6.07 Å². The number of rotatable bonds is 8. The molecule has 0 saturated heterocycles. The molecule has 0 saturated carbocycles. The van der Waals surface area contributed by atoms with Gasteiger partial charge in [0, 0.05) is 18.7 Å². The Labute approximate surface area is 137 Å². The molecule has 0 aliphatic heterocycles. The van der Waals surface area contributed by atoms with Crippen LogP contribution in [0.1, 0.15) is 40.2 Å². The molecule has 21 heavy (non-hydrogen) atoms. The quantitative estimate of drug-likeness (QED) is 0.699. The molecule has 0 unspecified atom stereocenters. The number of benzene rings is 1. The van der Waals surface area contributed by atoms with E-state index >= 15 is 0 Å². The number of hydrogen-bond acceptors (Lipinski definition) is 3. The summed E-state index contributed by atoms with van der Waals surface area (Å²) in [5.41, 5.74) is 1.36. The van der Waals surface area contributed by atoms with Crippen molar-refractivity contribution in [3.05, 3.63) is 28.2 Å². The lowest BCUT2D eigenvalue weighted by atomic mass is 10.1. The van der Waals surface area contributed by atoms with Crippen LogP contribution in [0.25, 0.3) is 0 Å². The lowest BCUT2D eigenvalue weighted by molar-refractivity contribution is 0.0817. The van der Waals surface area contributed by atoms with E-state index in [1.54, 1.807) is 0 Å². The molecule has 0 aliphatic carbocycles. The molecule has 120 valence electrons. The predicted octanol–water partition coefficient (Wildman–Crippen LogP) is 4.39. The van der Waals surface area contributed by atoms with Gasteiger partial charge < -0.3 is 14.8 Å². The van der Waals surface area contributed by atoms with Gasteiger partial charge in [0.1, 0.15) is 12.4 Å². The van der Waals surface area contributed by atoms with E-state index in [2.05, 4.69) is 68.0 Å². The first-order valence-electron chi connectivity index (χ1n) is 7.52. The number of halogens is 1. The summed E-state index contributed by atoms with van der Waals surface area (Å²) in [6.45, 7) is 13.6. The summed E-state index contributed by atoms with van der Waals surface area (Å²) in [5, 5.41) is 3.47. The fourth-order valence-corrected chi connectivity index (χ4v) is 2.21. The summed E-state index contributed by atoms with van der Waals surface area (Å²) in [7, 11) is 0. The topological polar surface area (TPSA) is 30.5 Å². The van der Waals surface area contributed by atoms with Gasteiger partial charge in [-0.15, -0.1) is 0 Å². The highest BCUT2D eigenvalue weighted by atomic mass is 79.9. The predicted molar refractivity (Wildman–Crippen MR) is 91.9 cm³/mol. The second-order valence-electron chi connectivity index (χ2n) is 6.69. The van der Waals surface area contributed by atoms with Gasteiger partial charge in [-0.05, 0) is 60.3 Å². The summed E-state index contributed by atoms with van der Waals surface area (Å²) in [6, 6.07) is 6.20. The minimum absolute atomic E-state index is 0.120. The summed E-state index contributed by atoms with van der Waals surface area (Å²) >= 11 is 3.57. The van der Waals surface area contributed by atoms with Gasteiger partial charge in [0.25, 0.3) is 0 Å². The minimum atomic E-state index is 0.120. The van der Waals surface area contributed by atoms with E-state index in [4.69, 9.17) is 9.47 Å². The van der Waals surface area contributed by atoms with Crippen molar-refractivity contribution >= 4 is 15.9 Å². The normalized spacial score (nSPS) is 12.0. The zero-order valence-electron chi connectivity index (χ0n) is 13.8. The third-order valence-corrected chi connectivity index (χ3v) is 3.38. The fraction of sp³-hybridized carbons (Fsp3) is 0.647. The van der Waals surface area contributed by atoms with Crippen molar-refractivity contribution < 1.29 is 9.47 Å². The summed E-state index contributed by atoms with van der Waals surface area (Å²) in [6.07, 6.45) is 0. The number of hydrogen-bond donors (Lipinski definition) is 1. The average Bonchev–Trinajstić information content (AvgIpc) is 2.37. The molecule has 3 nitrogen and oxygen atoms in total. The van der Waals surface area contributed by atoms with Gasteiger partial charge in [-0.25, -0.2) is 0 Å². The van der Waals surface area contributed by atoms with Crippen LogP contribution in [-0.2, 0) is 11.3 Å². The molecule has 4 heteroatoms. The molecular formula is C17H28BrNO2. The summed E-state index contributed by atoms with van der Waals surface area (Å²) in [5.74, 6) is 1.42. The van der Waals surface area contributed by atoms with Crippen molar-refractivity contribution in [3.63, 3.8) is 0 Å². The van der Waals surface area contributed by atoms with Gasteiger partial charge in [0.15, 0.2) is 0 Å². The van der Waals surface area contributed by atoms with E-state index in [-0.39, 0.29) is 5.54 Å². The van der Waals surface area contributed by atoms with Crippen LogP contribution in [0.3, 0.4) is 0 Å². The molecule has 0 aromatic heterocycles. The Bertz CT molecular complexity index is 427. The van der Waals surface area contributed by atoms with Crippen LogP contribution in [0.15, 0.2) is 22.7 Å². The van der Waals surface area contributed by atoms with Crippen LogP contribution in [0, 0.1) is 5.92 Å². The van der Waals surface area contributed by atoms with E-state index in [0.717, 1.165) is 23.4 Å². The van der Waals surface area contributed by atoms with Crippen molar-refractivity contribution in [1.29, 1.82) is 0 Å². The lowest BCUT2D eigenvalue weighted by Crippen LogP contribution is -2.35. The second kappa shape index (κ2) is 8.76. The molecule has 1 aromatic carbocycles. The zero-order chi connectivity index (χ0) is 15.9. The molecule has 0 atom stereocenters. The summed E-state index contributed by atoms with van der Waals surface area (Å²) in [4.78, 5) is 0. The standard InChI is InChI=1S/C17H28BrNO2/c1-13(2)12-20-8-9-21-16-7-6-14(10-15(16)18)11-19-17(3,4)5/h6-7,10,13,19H,8-9,11-12H2,1-5H3. The average molecular weight is 358 g/mol. The summed E-state index contributed by atoms with van der Waals surface area (Å²) < 4.78 is 12.2. The molecule has 0 heterocycles. The van der Waals surface area contributed by atoms with Gasteiger partial charge in [0.2, 0.25) is 0 Å². The molecule has 1 aromatic rings. The van der Waals surface area contributed by atoms with Crippen LogP contribution in [0.2, 0.25) is 0 Å². The molecule has 0 fully saturated rings. The van der Waals surface area contributed by atoms with Crippen molar-refractivity contribution in [2.75, 3.05) is 19.8 Å². The molecule has 0 spiro atoms. The smallest absolute Gasteiger partial charge is 0.133 e. The van der Waals surface area contributed by atoms with Crippen LogP contribution < -0.4 is 10.1 Å². The molecule has 1 rings (SSSR count). The molecule has 1 N–H and O–H groups in total. The van der Waals surface area contributed by atoms with E-state index in [1.165, 1.54) is 5.56 Å². The van der Waals surface area contributed by atoms with Gasteiger partial charge in [-0.2, -0.15) is 0 Å². The van der Waals surface area contributed by atoms with Gasteiger partial charge in [-0.1, -0.05) is 19.9 Å². The fourth-order valence-electron chi connectivity index (χ4n) is 1.67. The molecular weight excluding hydrogens is 330 g/mol. The van der Waals surface area contributed by atoms with Gasteiger partial charge >= 0.3 is 0 Å². The van der Waals surface area contributed by atoms with Crippen molar-refractivity contribution in [2.24, 2.45) is 5.92 Å².